The Morgan fingerprint density at radius 3 is 2.20 bits per heavy atom. The summed E-state index contributed by atoms with van der Waals surface area (Å²) in [5.41, 5.74) is -1.51. The molecule has 0 heterocycles. The predicted octanol–water partition coefficient (Wildman–Crippen LogP) is 3.89. The molecule has 0 spiro atoms. The fourth-order valence-electron chi connectivity index (χ4n) is 1.40. The van der Waals surface area contributed by atoms with E-state index in [0.717, 1.165) is 0 Å². The van der Waals surface area contributed by atoms with Crippen LogP contribution in [0.1, 0.15) is 25.8 Å². The Kier molecular flexibility index (Phi) is 4.92. The van der Waals surface area contributed by atoms with Crippen LogP contribution in [0.5, 0.6) is 0 Å². The van der Waals surface area contributed by atoms with Crippen LogP contribution in [0.2, 0.25) is 0 Å². The number of hydrogen-bond acceptors (Lipinski definition) is 2. The number of halogens is 4. The Bertz CT molecular complexity index is 512. The first-order chi connectivity index (χ1) is 9.18. The molecular formula is C14H14F4O2. The van der Waals surface area contributed by atoms with Crippen LogP contribution in [0.3, 0.4) is 0 Å². The van der Waals surface area contributed by atoms with Gasteiger partial charge in [0.15, 0.2) is 23.3 Å². The zero-order valence-electron chi connectivity index (χ0n) is 11.1. The van der Waals surface area contributed by atoms with E-state index >= 15 is 0 Å². The van der Waals surface area contributed by atoms with E-state index in [1.807, 2.05) is 0 Å². The first-order valence-electron chi connectivity index (χ1n) is 5.79. The molecule has 0 aliphatic heterocycles. The standard InChI is InChI=1S/C14H14F4O2/c1-4-14(2,3)6-11(19)20-7-8-12(17)9(15)5-10(16)13(8)18/h4-5H,1,6-7H2,2-3H3. The van der Waals surface area contributed by atoms with E-state index in [-0.39, 0.29) is 12.5 Å². The maximum atomic E-state index is 13.3. The molecule has 0 aliphatic rings. The van der Waals surface area contributed by atoms with Crippen molar-refractivity contribution in [1.82, 2.24) is 0 Å². The Hall–Kier alpha value is -1.85. The van der Waals surface area contributed by atoms with Gasteiger partial charge in [-0.3, -0.25) is 4.79 Å². The summed E-state index contributed by atoms with van der Waals surface area (Å²) < 4.78 is 57.1. The second-order valence-electron chi connectivity index (χ2n) is 4.98. The van der Waals surface area contributed by atoms with E-state index in [0.29, 0.717) is 0 Å². The van der Waals surface area contributed by atoms with Gasteiger partial charge >= 0.3 is 5.97 Å². The van der Waals surface area contributed by atoms with E-state index in [9.17, 15) is 22.4 Å². The van der Waals surface area contributed by atoms with E-state index in [1.54, 1.807) is 13.8 Å². The third-order valence-electron chi connectivity index (χ3n) is 2.73. The second-order valence-corrected chi connectivity index (χ2v) is 4.98. The summed E-state index contributed by atoms with van der Waals surface area (Å²) in [6.45, 7) is 6.08. The first-order valence-corrected chi connectivity index (χ1v) is 5.79. The Labute approximate surface area is 114 Å². The zero-order valence-corrected chi connectivity index (χ0v) is 11.1. The topological polar surface area (TPSA) is 26.3 Å². The van der Waals surface area contributed by atoms with Crippen molar-refractivity contribution >= 4 is 5.97 Å². The third-order valence-corrected chi connectivity index (χ3v) is 2.73. The van der Waals surface area contributed by atoms with Crippen molar-refractivity contribution in [3.05, 3.63) is 47.6 Å². The lowest BCUT2D eigenvalue weighted by Crippen LogP contribution is -2.17. The molecule has 2 nitrogen and oxygen atoms in total. The van der Waals surface area contributed by atoms with Crippen LogP contribution >= 0.6 is 0 Å². The van der Waals surface area contributed by atoms with Gasteiger partial charge < -0.3 is 4.74 Å². The number of ether oxygens (including phenoxy) is 1. The summed E-state index contributed by atoms with van der Waals surface area (Å²) >= 11 is 0. The summed E-state index contributed by atoms with van der Waals surface area (Å²) in [5.74, 6) is -6.97. The Morgan fingerprint density at radius 1 is 1.25 bits per heavy atom. The highest BCUT2D eigenvalue weighted by Gasteiger charge is 2.22. The lowest BCUT2D eigenvalue weighted by Gasteiger charge is -2.18. The van der Waals surface area contributed by atoms with Gasteiger partial charge in [0.1, 0.15) is 6.61 Å². The quantitative estimate of drug-likeness (QED) is 0.356. The van der Waals surface area contributed by atoms with E-state index in [4.69, 9.17) is 0 Å². The number of rotatable bonds is 5. The number of carbonyl (C=O) groups is 1. The molecule has 1 aromatic carbocycles. The number of carbonyl (C=O) groups excluding carboxylic acids is 1. The molecule has 0 radical (unpaired) electrons. The van der Waals surface area contributed by atoms with Crippen molar-refractivity contribution in [1.29, 1.82) is 0 Å². The molecule has 1 rings (SSSR count). The number of hydrogen-bond donors (Lipinski definition) is 0. The van der Waals surface area contributed by atoms with Crippen LogP contribution in [-0.2, 0) is 16.1 Å². The van der Waals surface area contributed by atoms with E-state index in [1.165, 1.54) is 6.08 Å². The van der Waals surface area contributed by atoms with Crippen LogP contribution in [0.15, 0.2) is 18.7 Å². The second kappa shape index (κ2) is 6.07. The molecule has 0 aliphatic carbocycles. The fourth-order valence-corrected chi connectivity index (χ4v) is 1.40. The smallest absolute Gasteiger partial charge is 0.306 e. The number of esters is 1. The van der Waals surface area contributed by atoms with Crippen LogP contribution in [0.4, 0.5) is 17.6 Å². The highest BCUT2D eigenvalue weighted by molar-refractivity contribution is 5.70. The van der Waals surface area contributed by atoms with Gasteiger partial charge in [-0.1, -0.05) is 19.9 Å². The molecule has 20 heavy (non-hydrogen) atoms. The van der Waals surface area contributed by atoms with Gasteiger partial charge in [0, 0.05) is 6.07 Å². The van der Waals surface area contributed by atoms with Gasteiger partial charge in [0.05, 0.1) is 12.0 Å². The predicted molar refractivity (Wildman–Crippen MR) is 64.7 cm³/mol. The van der Waals surface area contributed by atoms with E-state index in [2.05, 4.69) is 11.3 Å². The van der Waals surface area contributed by atoms with Gasteiger partial charge in [0.25, 0.3) is 0 Å². The SMILES string of the molecule is C=CC(C)(C)CC(=O)OCc1c(F)c(F)cc(F)c1F. The largest absolute Gasteiger partial charge is 0.461 e. The molecule has 0 fully saturated rings. The van der Waals surface area contributed by atoms with Crippen molar-refractivity contribution < 1.29 is 27.1 Å². The molecule has 1 aromatic rings. The van der Waals surface area contributed by atoms with Crippen LogP contribution < -0.4 is 0 Å². The lowest BCUT2D eigenvalue weighted by atomic mass is 9.90. The normalized spacial score (nSPS) is 11.3. The highest BCUT2D eigenvalue weighted by atomic mass is 19.2. The molecular weight excluding hydrogens is 276 g/mol. The van der Waals surface area contributed by atoms with Crippen LogP contribution in [0, 0.1) is 28.7 Å². The summed E-state index contributed by atoms with van der Waals surface area (Å²) in [6, 6.07) is 0.0941. The van der Waals surface area contributed by atoms with Crippen LogP contribution in [0.25, 0.3) is 0 Å². The molecule has 0 saturated carbocycles. The number of allylic oxidation sites excluding steroid dienone is 1. The molecule has 0 atom stereocenters. The Balaban J connectivity index is 2.81. The van der Waals surface area contributed by atoms with Crippen molar-refractivity contribution in [2.24, 2.45) is 5.41 Å². The average molecular weight is 290 g/mol. The van der Waals surface area contributed by atoms with Gasteiger partial charge in [-0.15, -0.1) is 6.58 Å². The zero-order chi connectivity index (χ0) is 15.5. The minimum absolute atomic E-state index is 0.0719. The Morgan fingerprint density at radius 2 is 1.75 bits per heavy atom. The van der Waals surface area contributed by atoms with E-state index < -0.39 is 46.8 Å². The molecule has 0 saturated heterocycles. The highest BCUT2D eigenvalue weighted by Crippen LogP contribution is 2.23. The molecule has 6 heteroatoms. The molecule has 0 N–H and O–H groups in total. The summed E-state index contributed by atoms with van der Waals surface area (Å²) in [6.07, 6.45) is 1.45. The molecule has 110 valence electrons. The van der Waals surface area contributed by atoms with Crippen molar-refractivity contribution in [2.45, 2.75) is 26.9 Å². The maximum absolute atomic E-state index is 13.3. The average Bonchev–Trinajstić information content (AvgIpc) is 2.36. The van der Waals surface area contributed by atoms with Crippen molar-refractivity contribution in [2.75, 3.05) is 0 Å². The minimum Gasteiger partial charge on any atom is -0.461 e. The van der Waals surface area contributed by atoms with Crippen molar-refractivity contribution in [3.8, 4) is 0 Å². The summed E-state index contributed by atoms with van der Waals surface area (Å²) in [5, 5.41) is 0. The fraction of sp³-hybridized carbons (Fsp3) is 0.357. The summed E-state index contributed by atoms with van der Waals surface area (Å²) in [7, 11) is 0. The monoisotopic (exact) mass is 290 g/mol. The van der Waals surface area contributed by atoms with Crippen molar-refractivity contribution in [3.63, 3.8) is 0 Å². The molecule has 0 bridgehead atoms. The number of benzene rings is 1. The molecule has 0 unspecified atom stereocenters. The summed E-state index contributed by atoms with van der Waals surface area (Å²) in [4.78, 5) is 11.5. The molecule has 0 aromatic heterocycles. The lowest BCUT2D eigenvalue weighted by molar-refractivity contribution is -0.146. The minimum atomic E-state index is -1.57. The van der Waals surface area contributed by atoms with Gasteiger partial charge in [-0.2, -0.15) is 0 Å². The third kappa shape index (κ3) is 3.82. The van der Waals surface area contributed by atoms with Crippen LogP contribution in [-0.4, -0.2) is 5.97 Å². The van der Waals surface area contributed by atoms with Gasteiger partial charge in [-0.05, 0) is 5.41 Å². The first kappa shape index (κ1) is 16.2. The van der Waals surface area contributed by atoms with Gasteiger partial charge in [-0.25, -0.2) is 17.6 Å². The van der Waals surface area contributed by atoms with Gasteiger partial charge in [0.2, 0.25) is 0 Å². The maximum Gasteiger partial charge on any atom is 0.306 e. The molecule has 0 amide bonds.